The molecule has 0 radical (unpaired) electrons. The lowest BCUT2D eigenvalue weighted by molar-refractivity contribution is 0.0502. The number of benzene rings is 1. The van der Waals surface area contributed by atoms with E-state index in [2.05, 4.69) is 11.9 Å². The van der Waals surface area contributed by atoms with Gasteiger partial charge in [0.05, 0.1) is 17.2 Å². The standard InChI is InChI=1S/C17H20ClNO2/c1-2-3-10-21-17(20)16-12(18)8-9-14-15(16)11-6-4-5-7-13(11)19-14/h8-9,19H,2-7,10H2,1H3. The Bertz CT molecular complexity index is 675. The van der Waals surface area contributed by atoms with E-state index in [1.54, 1.807) is 6.07 Å². The first-order valence-electron chi connectivity index (χ1n) is 7.71. The molecule has 0 saturated heterocycles. The quantitative estimate of drug-likeness (QED) is 0.659. The highest BCUT2D eigenvalue weighted by molar-refractivity contribution is 6.35. The summed E-state index contributed by atoms with van der Waals surface area (Å²) in [6.07, 6.45) is 6.30. The molecular weight excluding hydrogens is 286 g/mol. The van der Waals surface area contributed by atoms with Gasteiger partial charge >= 0.3 is 5.97 Å². The van der Waals surface area contributed by atoms with Gasteiger partial charge in [-0.15, -0.1) is 0 Å². The van der Waals surface area contributed by atoms with Crippen molar-refractivity contribution in [1.82, 2.24) is 4.98 Å². The number of hydrogen-bond acceptors (Lipinski definition) is 2. The highest BCUT2D eigenvalue weighted by Gasteiger charge is 2.23. The minimum absolute atomic E-state index is 0.300. The highest BCUT2D eigenvalue weighted by Crippen LogP contribution is 2.35. The van der Waals surface area contributed by atoms with Gasteiger partial charge in [-0.1, -0.05) is 24.9 Å². The number of ether oxygens (including phenoxy) is 1. The maximum atomic E-state index is 12.4. The predicted molar refractivity (Wildman–Crippen MR) is 85.1 cm³/mol. The molecule has 3 nitrogen and oxygen atoms in total. The number of aryl methyl sites for hydroxylation is 2. The van der Waals surface area contributed by atoms with Gasteiger partial charge in [0.2, 0.25) is 0 Å². The minimum Gasteiger partial charge on any atom is -0.462 e. The van der Waals surface area contributed by atoms with Crippen LogP contribution in [0.2, 0.25) is 5.02 Å². The molecule has 0 atom stereocenters. The molecule has 4 heteroatoms. The third-order valence-electron chi connectivity index (χ3n) is 4.14. The van der Waals surface area contributed by atoms with Crippen LogP contribution in [-0.2, 0) is 17.6 Å². The maximum Gasteiger partial charge on any atom is 0.340 e. The zero-order valence-electron chi connectivity index (χ0n) is 12.3. The fourth-order valence-electron chi connectivity index (χ4n) is 3.06. The summed E-state index contributed by atoms with van der Waals surface area (Å²) in [6, 6.07) is 3.74. The van der Waals surface area contributed by atoms with Crippen LogP contribution in [0.1, 0.15) is 54.2 Å². The number of aromatic amines is 1. The van der Waals surface area contributed by atoms with Crippen LogP contribution in [0.25, 0.3) is 10.9 Å². The normalized spacial score (nSPS) is 14.2. The molecule has 2 aromatic rings. The molecule has 112 valence electrons. The molecule has 0 unspecified atom stereocenters. The molecule has 1 heterocycles. The minimum atomic E-state index is -0.300. The summed E-state index contributed by atoms with van der Waals surface area (Å²) < 4.78 is 5.38. The van der Waals surface area contributed by atoms with Crippen LogP contribution >= 0.6 is 11.6 Å². The first-order chi connectivity index (χ1) is 10.2. The van der Waals surface area contributed by atoms with E-state index in [9.17, 15) is 4.79 Å². The Kier molecular flexibility index (Phi) is 4.20. The smallest absolute Gasteiger partial charge is 0.340 e. The second-order valence-electron chi connectivity index (χ2n) is 5.62. The largest absolute Gasteiger partial charge is 0.462 e. The zero-order valence-corrected chi connectivity index (χ0v) is 13.1. The van der Waals surface area contributed by atoms with Crippen molar-refractivity contribution in [2.24, 2.45) is 0 Å². The van der Waals surface area contributed by atoms with Gasteiger partial charge in [-0.05, 0) is 49.8 Å². The Hall–Kier alpha value is -1.48. The summed E-state index contributed by atoms with van der Waals surface area (Å²) in [4.78, 5) is 15.9. The second kappa shape index (κ2) is 6.10. The van der Waals surface area contributed by atoms with Crippen LogP contribution in [0, 0.1) is 0 Å². The van der Waals surface area contributed by atoms with Crippen molar-refractivity contribution in [2.45, 2.75) is 45.4 Å². The lowest BCUT2D eigenvalue weighted by atomic mass is 9.94. The molecule has 0 saturated carbocycles. The molecule has 3 rings (SSSR count). The summed E-state index contributed by atoms with van der Waals surface area (Å²) in [5.74, 6) is -0.300. The zero-order chi connectivity index (χ0) is 14.8. The number of carbonyl (C=O) groups excluding carboxylic acids is 1. The Morgan fingerprint density at radius 1 is 1.33 bits per heavy atom. The van der Waals surface area contributed by atoms with Crippen LogP contribution in [0.5, 0.6) is 0 Å². The molecular formula is C17H20ClNO2. The van der Waals surface area contributed by atoms with Crippen molar-refractivity contribution in [3.63, 3.8) is 0 Å². The fraction of sp³-hybridized carbons (Fsp3) is 0.471. The van der Waals surface area contributed by atoms with Crippen LogP contribution in [-0.4, -0.2) is 17.6 Å². The lowest BCUT2D eigenvalue weighted by Crippen LogP contribution is -2.09. The van der Waals surface area contributed by atoms with Crippen molar-refractivity contribution in [3.05, 3.63) is 34.0 Å². The Morgan fingerprint density at radius 2 is 2.14 bits per heavy atom. The van der Waals surface area contributed by atoms with Gasteiger partial charge < -0.3 is 9.72 Å². The molecule has 0 fully saturated rings. The van der Waals surface area contributed by atoms with E-state index in [1.807, 2.05) is 6.07 Å². The van der Waals surface area contributed by atoms with Gasteiger partial charge in [0.25, 0.3) is 0 Å². The molecule has 0 spiro atoms. The van der Waals surface area contributed by atoms with Crippen molar-refractivity contribution in [1.29, 1.82) is 0 Å². The molecule has 1 aromatic carbocycles. The van der Waals surface area contributed by atoms with Gasteiger partial charge in [0, 0.05) is 16.6 Å². The first kappa shape index (κ1) is 14.5. The predicted octanol–water partition coefficient (Wildman–Crippen LogP) is 4.66. The SMILES string of the molecule is CCCCOC(=O)c1c(Cl)ccc2[nH]c3c(c12)CCCC3. The highest BCUT2D eigenvalue weighted by atomic mass is 35.5. The Balaban J connectivity index is 2.05. The van der Waals surface area contributed by atoms with E-state index in [4.69, 9.17) is 16.3 Å². The molecule has 1 N–H and O–H groups in total. The number of H-pyrrole nitrogens is 1. The van der Waals surface area contributed by atoms with Crippen LogP contribution in [0.15, 0.2) is 12.1 Å². The number of unbranched alkanes of at least 4 members (excludes halogenated alkanes) is 1. The summed E-state index contributed by atoms with van der Waals surface area (Å²) in [5, 5.41) is 1.45. The topological polar surface area (TPSA) is 42.1 Å². The summed E-state index contributed by atoms with van der Waals surface area (Å²) in [7, 11) is 0. The molecule has 1 aromatic heterocycles. The van der Waals surface area contributed by atoms with E-state index in [0.717, 1.165) is 43.0 Å². The molecule has 1 aliphatic rings. The number of aromatic nitrogens is 1. The number of halogens is 1. The summed E-state index contributed by atoms with van der Waals surface area (Å²) >= 11 is 6.30. The van der Waals surface area contributed by atoms with Crippen molar-refractivity contribution < 1.29 is 9.53 Å². The average Bonchev–Trinajstić information content (AvgIpc) is 2.86. The number of carbonyl (C=O) groups is 1. The Labute approximate surface area is 129 Å². The maximum absolute atomic E-state index is 12.4. The van der Waals surface area contributed by atoms with Gasteiger partial charge in [0.1, 0.15) is 0 Å². The number of rotatable bonds is 4. The number of esters is 1. The number of fused-ring (bicyclic) bond motifs is 3. The van der Waals surface area contributed by atoms with Crippen molar-refractivity contribution in [3.8, 4) is 0 Å². The lowest BCUT2D eigenvalue weighted by Gasteiger charge is -2.12. The summed E-state index contributed by atoms with van der Waals surface area (Å²) in [6.45, 7) is 2.53. The van der Waals surface area contributed by atoms with E-state index >= 15 is 0 Å². The third-order valence-corrected chi connectivity index (χ3v) is 4.46. The average molecular weight is 306 g/mol. The van der Waals surface area contributed by atoms with E-state index in [0.29, 0.717) is 17.2 Å². The second-order valence-corrected chi connectivity index (χ2v) is 6.03. The molecule has 0 aliphatic heterocycles. The van der Waals surface area contributed by atoms with E-state index in [-0.39, 0.29) is 5.97 Å². The summed E-state index contributed by atoms with van der Waals surface area (Å²) in [5.41, 5.74) is 4.03. The van der Waals surface area contributed by atoms with Crippen molar-refractivity contribution >= 4 is 28.5 Å². The Morgan fingerprint density at radius 3 is 2.95 bits per heavy atom. The fourth-order valence-corrected chi connectivity index (χ4v) is 3.29. The molecule has 1 aliphatic carbocycles. The number of hydrogen-bond donors (Lipinski definition) is 1. The van der Waals surface area contributed by atoms with Gasteiger partial charge in [-0.3, -0.25) is 0 Å². The van der Waals surface area contributed by atoms with E-state index in [1.165, 1.54) is 17.7 Å². The van der Waals surface area contributed by atoms with Gasteiger partial charge in [-0.25, -0.2) is 4.79 Å². The van der Waals surface area contributed by atoms with Gasteiger partial charge in [-0.2, -0.15) is 0 Å². The molecule has 0 amide bonds. The number of nitrogens with one attached hydrogen (secondary N) is 1. The third kappa shape index (κ3) is 2.67. The van der Waals surface area contributed by atoms with Gasteiger partial charge in [0.15, 0.2) is 0 Å². The van der Waals surface area contributed by atoms with Crippen molar-refractivity contribution in [2.75, 3.05) is 6.61 Å². The van der Waals surface area contributed by atoms with Crippen LogP contribution < -0.4 is 0 Å². The molecule has 21 heavy (non-hydrogen) atoms. The monoisotopic (exact) mass is 305 g/mol. The van der Waals surface area contributed by atoms with Crippen LogP contribution in [0.3, 0.4) is 0 Å². The van der Waals surface area contributed by atoms with E-state index < -0.39 is 0 Å². The first-order valence-corrected chi connectivity index (χ1v) is 8.09. The molecule has 0 bridgehead atoms. The van der Waals surface area contributed by atoms with Crippen LogP contribution in [0.4, 0.5) is 0 Å².